The number of hydrogen-bond donors (Lipinski definition) is 2. The van der Waals surface area contributed by atoms with Crippen LogP contribution < -0.4 is 11.1 Å². The van der Waals surface area contributed by atoms with Gasteiger partial charge >= 0.3 is 6.18 Å². The lowest BCUT2D eigenvalue weighted by Gasteiger charge is -2.17. The summed E-state index contributed by atoms with van der Waals surface area (Å²) in [5.74, 6) is 0.150. The predicted octanol–water partition coefficient (Wildman–Crippen LogP) is 1.69. The molecule has 0 unspecified atom stereocenters. The molecule has 0 aliphatic rings. The third-order valence-corrected chi connectivity index (χ3v) is 1.76. The number of halogens is 3. The van der Waals surface area contributed by atoms with E-state index in [4.69, 9.17) is 5.73 Å². The first kappa shape index (κ1) is 10.8. The Kier molecular flexibility index (Phi) is 2.95. The van der Waals surface area contributed by atoms with Crippen molar-refractivity contribution in [1.29, 1.82) is 0 Å². The Balaban J connectivity index is 3.06. The number of nitrogens with zero attached hydrogens (tertiary/aromatic N) is 1. The molecule has 0 saturated carbocycles. The summed E-state index contributed by atoms with van der Waals surface area (Å²) in [7, 11) is 1.49. The van der Waals surface area contributed by atoms with Crippen molar-refractivity contribution in [2.24, 2.45) is 5.73 Å². The van der Waals surface area contributed by atoms with E-state index in [9.17, 15) is 13.2 Å². The molecule has 3 N–H and O–H groups in total. The van der Waals surface area contributed by atoms with Crippen LogP contribution in [0.4, 0.5) is 19.0 Å². The Bertz CT molecular complexity index is 311. The minimum absolute atomic E-state index is 0.0532. The SMILES string of the molecule is CNc1ncccc1[C@H](N)C(F)(F)F. The van der Waals surface area contributed by atoms with E-state index in [2.05, 4.69) is 10.3 Å². The Morgan fingerprint density at radius 3 is 2.64 bits per heavy atom. The van der Waals surface area contributed by atoms with E-state index in [0.717, 1.165) is 0 Å². The van der Waals surface area contributed by atoms with Gasteiger partial charge in [-0.3, -0.25) is 0 Å². The van der Waals surface area contributed by atoms with E-state index in [1.807, 2.05) is 0 Å². The highest BCUT2D eigenvalue weighted by Gasteiger charge is 2.39. The molecule has 1 heterocycles. The zero-order chi connectivity index (χ0) is 10.8. The zero-order valence-electron chi connectivity index (χ0n) is 7.47. The first-order valence-corrected chi connectivity index (χ1v) is 3.91. The second kappa shape index (κ2) is 3.83. The van der Waals surface area contributed by atoms with Crippen molar-refractivity contribution >= 4 is 5.82 Å². The monoisotopic (exact) mass is 205 g/mol. The van der Waals surface area contributed by atoms with Gasteiger partial charge in [0.25, 0.3) is 0 Å². The molecule has 0 radical (unpaired) electrons. The molecule has 0 aliphatic carbocycles. The average molecular weight is 205 g/mol. The lowest BCUT2D eigenvalue weighted by Crippen LogP contribution is -2.29. The van der Waals surface area contributed by atoms with Crippen LogP contribution in [-0.2, 0) is 0 Å². The molecule has 1 atom stereocenters. The standard InChI is InChI=1S/C8H10F3N3/c1-13-7-5(3-2-4-14-7)6(12)8(9,10)11/h2-4,6H,12H2,1H3,(H,13,14)/t6-/m0/s1. The molecule has 0 fully saturated rings. The van der Waals surface area contributed by atoms with Crippen LogP contribution >= 0.6 is 0 Å². The second-order valence-corrected chi connectivity index (χ2v) is 2.71. The Morgan fingerprint density at radius 1 is 1.50 bits per heavy atom. The molecule has 0 spiro atoms. The fourth-order valence-corrected chi connectivity index (χ4v) is 1.05. The molecule has 0 aliphatic heterocycles. The molecule has 1 rings (SSSR count). The maximum absolute atomic E-state index is 12.3. The first-order valence-electron chi connectivity index (χ1n) is 3.91. The number of rotatable bonds is 2. The van der Waals surface area contributed by atoms with Gasteiger partial charge in [0.15, 0.2) is 0 Å². The Morgan fingerprint density at radius 2 is 2.14 bits per heavy atom. The molecular formula is C8H10F3N3. The van der Waals surface area contributed by atoms with Gasteiger partial charge in [-0.2, -0.15) is 13.2 Å². The maximum Gasteiger partial charge on any atom is 0.407 e. The summed E-state index contributed by atoms with van der Waals surface area (Å²) in [6.07, 6.45) is -3.05. The van der Waals surface area contributed by atoms with E-state index >= 15 is 0 Å². The quantitative estimate of drug-likeness (QED) is 0.772. The van der Waals surface area contributed by atoms with E-state index in [1.165, 1.54) is 25.4 Å². The lowest BCUT2D eigenvalue weighted by molar-refractivity contribution is -0.149. The molecule has 6 heteroatoms. The smallest absolute Gasteiger partial charge is 0.373 e. The Hall–Kier alpha value is -1.30. The van der Waals surface area contributed by atoms with E-state index in [0.29, 0.717) is 0 Å². The third kappa shape index (κ3) is 2.14. The summed E-state index contributed by atoms with van der Waals surface area (Å²) < 4.78 is 36.8. The van der Waals surface area contributed by atoms with Gasteiger partial charge in [-0.05, 0) is 6.07 Å². The molecular weight excluding hydrogens is 195 g/mol. The molecule has 1 aromatic rings. The number of nitrogens with one attached hydrogen (secondary N) is 1. The summed E-state index contributed by atoms with van der Waals surface area (Å²) in [5, 5.41) is 2.56. The third-order valence-electron chi connectivity index (χ3n) is 1.76. The summed E-state index contributed by atoms with van der Waals surface area (Å²) >= 11 is 0. The van der Waals surface area contributed by atoms with Gasteiger partial charge in [-0.1, -0.05) is 6.07 Å². The van der Waals surface area contributed by atoms with Gasteiger partial charge < -0.3 is 11.1 Å². The van der Waals surface area contributed by atoms with Gasteiger partial charge in [-0.25, -0.2) is 4.98 Å². The number of nitrogens with two attached hydrogens (primary N) is 1. The van der Waals surface area contributed by atoms with Crippen molar-refractivity contribution in [1.82, 2.24) is 4.98 Å². The van der Waals surface area contributed by atoms with Crippen LogP contribution in [0.5, 0.6) is 0 Å². The van der Waals surface area contributed by atoms with Crippen molar-refractivity contribution in [2.45, 2.75) is 12.2 Å². The lowest BCUT2D eigenvalue weighted by atomic mass is 10.1. The summed E-state index contributed by atoms with van der Waals surface area (Å²) in [6, 6.07) is 0.720. The number of alkyl halides is 3. The van der Waals surface area contributed by atoms with Crippen molar-refractivity contribution in [3.63, 3.8) is 0 Å². The first-order chi connectivity index (χ1) is 6.46. The zero-order valence-corrected chi connectivity index (χ0v) is 7.47. The Labute approximate surface area is 79.1 Å². The normalized spacial score (nSPS) is 13.8. The van der Waals surface area contributed by atoms with Crippen LogP contribution in [0.25, 0.3) is 0 Å². The van der Waals surface area contributed by atoms with Crippen LogP contribution in [-0.4, -0.2) is 18.2 Å². The summed E-state index contributed by atoms with van der Waals surface area (Å²) in [5.41, 5.74) is 4.99. The van der Waals surface area contributed by atoms with Gasteiger partial charge in [0.2, 0.25) is 0 Å². The van der Waals surface area contributed by atoms with E-state index in [1.54, 1.807) is 0 Å². The van der Waals surface area contributed by atoms with Gasteiger partial charge in [-0.15, -0.1) is 0 Å². The molecule has 14 heavy (non-hydrogen) atoms. The minimum atomic E-state index is -4.45. The van der Waals surface area contributed by atoms with Crippen molar-refractivity contribution < 1.29 is 13.2 Å². The molecule has 78 valence electrons. The van der Waals surface area contributed by atoms with E-state index < -0.39 is 12.2 Å². The van der Waals surface area contributed by atoms with Gasteiger partial charge in [0, 0.05) is 18.8 Å². The summed E-state index contributed by atoms with van der Waals surface area (Å²) in [6.45, 7) is 0. The molecule has 1 aromatic heterocycles. The van der Waals surface area contributed by atoms with Gasteiger partial charge in [0.1, 0.15) is 11.9 Å². The highest BCUT2D eigenvalue weighted by molar-refractivity contribution is 5.45. The second-order valence-electron chi connectivity index (χ2n) is 2.71. The molecule has 0 bridgehead atoms. The molecule has 0 aromatic carbocycles. The number of pyridine rings is 1. The molecule has 0 saturated heterocycles. The van der Waals surface area contributed by atoms with Crippen LogP contribution in [0.3, 0.4) is 0 Å². The highest BCUT2D eigenvalue weighted by Crippen LogP contribution is 2.32. The number of aromatic nitrogens is 1. The largest absolute Gasteiger partial charge is 0.407 e. The van der Waals surface area contributed by atoms with E-state index in [-0.39, 0.29) is 11.4 Å². The number of hydrogen-bond acceptors (Lipinski definition) is 3. The van der Waals surface area contributed by atoms with Crippen LogP contribution in [0.15, 0.2) is 18.3 Å². The van der Waals surface area contributed by atoms with Crippen molar-refractivity contribution in [3.05, 3.63) is 23.9 Å². The van der Waals surface area contributed by atoms with Crippen LogP contribution in [0, 0.1) is 0 Å². The average Bonchev–Trinajstić information content (AvgIpc) is 2.15. The highest BCUT2D eigenvalue weighted by atomic mass is 19.4. The van der Waals surface area contributed by atoms with Gasteiger partial charge in [0.05, 0.1) is 0 Å². The molecule has 3 nitrogen and oxygen atoms in total. The van der Waals surface area contributed by atoms with Crippen molar-refractivity contribution in [2.75, 3.05) is 12.4 Å². The topological polar surface area (TPSA) is 50.9 Å². The molecule has 0 amide bonds. The van der Waals surface area contributed by atoms with Crippen molar-refractivity contribution in [3.8, 4) is 0 Å². The fraction of sp³-hybridized carbons (Fsp3) is 0.375. The van der Waals surface area contributed by atoms with Crippen LogP contribution in [0.1, 0.15) is 11.6 Å². The number of anilines is 1. The van der Waals surface area contributed by atoms with Crippen LogP contribution in [0.2, 0.25) is 0 Å². The minimum Gasteiger partial charge on any atom is -0.373 e. The maximum atomic E-state index is 12.3. The fourth-order valence-electron chi connectivity index (χ4n) is 1.05. The predicted molar refractivity (Wildman–Crippen MR) is 46.8 cm³/mol. The summed E-state index contributed by atoms with van der Waals surface area (Å²) in [4.78, 5) is 3.74.